The van der Waals surface area contributed by atoms with Gasteiger partial charge < -0.3 is 0 Å². The molecule has 0 amide bonds. The van der Waals surface area contributed by atoms with Crippen LogP contribution in [0, 0.1) is 13.8 Å². The van der Waals surface area contributed by atoms with Gasteiger partial charge in [-0.2, -0.15) is 0 Å². The Morgan fingerprint density at radius 3 is 1.47 bits per heavy atom. The van der Waals surface area contributed by atoms with Crippen LogP contribution in [0.4, 0.5) is 0 Å². The second-order valence-electron chi connectivity index (χ2n) is 7.60. The molecule has 2 nitrogen and oxygen atoms in total. The molecule has 6 rings (SSSR count). The Bertz CT molecular complexity index is 1530. The van der Waals surface area contributed by atoms with Gasteiger partial charge in [-0.3, -0.25) is 0 Å². The summed E-state index contributed by atoms with van der Waals surface area (Å²) in [6.45, 7) is 4.08. The molecule has 0 fully saturated rings. The lowest BCUT2D eigenvalue weighted by Gasteiger charge is -1.96. The third-order valence-corrected chi connectivity index (χ3v) is 9.55. The summed E-state index contributed by atoms with van der Waals surface area (Å²) in [5.74, 6) is 0. The largest absolute Gasteiger partial charge is 0.249 e. The summed E-state index contributed by atoms with van der Waals surface area (Å²) in [4.78, 5) is 11.0. The highest BCUT2D eigenvalue weighted by Gasteiger charge is 2.12. The van der Waals surface area contributed by atoms with Crippen molar-refractivity contribution < 1.29 is 0 Å². The molecule has 156 valence electrons. The van der Waals surface area contributed by atoms with Crippen molar-refractivity contribution in [1.29, 1.82) is 0 Å². The number of aryl methyl sites for hydroxylation is 2. The Labute approximate surface area is 201 Å². The van der Waals surface area contributed by atoms with Crippen molar-refractivity contribution in [2.45, 2.75) is 13.8 Å². The lowest BCUT2D eigenvalue weighted by Crippen LogP contribution is -1.71. The summed E-state index contributed by atoms with van der Waals surface area (Å²) < 4.78 is 5.49. The average Bonchev–Trinajstić information content (AvgIpc) is 3.55. The lowest BCUT2D eigenvalue weighted by molar-refractivity contribution is 1.30. The molecule has 4 aromatic heterocycles. The first-order chi connectivity index (χ1) is 15.6. The molecule has 0 N–H and O–H groups in total. The normalized spacial score (nSPS) is 12.4. The van der Waals surface area contributed by atoms with Crippen LogP contribution in [0.25, 0.3) is 53.9 Å². The second kappa shape index (κ2) is 8.05. The highest BCUT2D eigenvalue weighted by Crippen LogP contribution is 2.44. The summed E-state index contributed by atoms with van der Waals surface area (Å²) in [7, 11) is 0. The van der Waals surface area contributed by atoms with Gasteiger partial charge in [0.05, 0.1) is 19.4 Å². The van der Waals surface area contributed by atoms with Crippen LogP contribution < -0.4 is 0 Å². The van der Waals surface area contributed by atoms with Crippen LogP contribution in [0.15, 0.2) is 48.8 Å². The van der Waals surface area contributed by atoms with E-state index in [4.69, 9.17) is 0 Å². The van der Waals surface area contributed by atoms with Crippen molar-refractivity contribution in [3.63, 3.8) is 0 Å². The van der Waals surface area contributed by atoms with E-state index in [1.165, 1.54) is 50.5 Å². The van der Waals surface area contributed by atoms with E-state index in [1.54, 1.807) is 22.7 Å². The summed E-state index contributed by atoms with van der Waals surface area (Å²) >= 11 is 7.24. The molecule has 0 atom stereocenters. The maximum atomic E-state index is 4.33. The number of rotatable bonds is 4. The van der Waals surface area contributed by atoms with E-state index in [9.17, 15) is 0 Å². The van der Waals surface area contributed by atoms with E-state index in [0.717, 1.165) is 10.0 Å². The van der Waals surface area contributed by atoms with E-state index in [1.807, 2.05) is 48.9 Å². The maximum absolute atomic E-state index is 4.33. The number of benzene rings is 2. The minimum Gasteiger partial charge on any atom is -0.249 e. The molecular weight excluding hydrogens is 469 g/mol. The molecule has 0 saturated heterocycles. The van der Waals surface area contributed by atoms with Crippen LogP contribution in [0.2, 0.25) is 0 Å². The first-order valence-electron chi connectivity index (χ1n) is 10.2. The van der Waals surface area contributed by atoms with Gasteiger partial charge in [0, 0.05) is 42.3 Å². The zero-order valence-electron chi connectivity index (χ0n) is 17.5. The van der Waals surface area contributed by atoms with Crippen molar-refractivity contribution in [2.24, 2.45) is 0 Å². The minimum absolute atomic E-state index is 1.10. The molecule has 0 bridgehead atoms. The van der Waals surface area contributed by atoms with Gasteiger partial charge in [0.15, 0.2) is 0 Å². The van der Waals surface area contributed by atoms with Gasteiger partial charge in [0.25, 0.3) is 0 Å². The Hall–Kier alpha value is -2.64. The van der Waals surface area contributed by atoms with Gasteiger partial charge in [-0.15, -0.1) is 45.3 Å². The predicted molar refractivity (Wildman–Crippen MR) is 146 cm³/mol. The zero-order chi connectivity index (χ0) is 21.7. The van der Waals surface area contributed by atoms with Crippen LogP contribution in [0.1, 0.15) is 30.9 Å². The third kappa shape index (κ3) is 3.73. The standard InChI is InChI=1S/C26H18N2S4/c1-15-27-13-19(29-15)7-3-17-5-9-21-23(11-17)31-26-22-10-6-18(12-24(22)32-25(21)26)4-8-20-14-28-16(2)30-20/h3-14H,1-2H3/b7-3+,8-4+. The molecule has 0 unspecified atom stereocenters. The second-order valence-corrected chi connectivity index (χ2v) is 12.2. The smallest absolute Gasteiger partial charge is 0.0900 e. The third-order valence-electron chi connectivity index (χ3n) is 5.29. The van der Waals surface area contributed by atoms with Gasteiger partial charge in [-0.25, -0.2) is 9.97 Å². The van der Waals surface area contributed by atoms with Crippen LogP contribution >= 0.6 is 45.3 Å². The predicted octanol–water partition coefficient (Wildman–Crippen LogP) is 9.14. The molecule has 0 aliphatic rings. The molecular formula is C26H18N2S4. The van der Waals surface area contributed by atoms with Gasteiger partial charge in [0.1, 0.15) is 0 Å². The Balaban J connectivity index is 1.35. The van der Waals surface area contributed by atoms with E-state index in [0.29, 0.717) is 0 Å². The van der Waals surface area contributed by atoms with Gasteiger partial charge in [-0.05, 0) is 49.3 Å². The topological polar surface area (TPSA) is 25.8 Å². The quantitative estimate of drug-likeness (QED) is 0.248. The summed E-state index contributed by atoms with van der Waals surface area (Å²) in [5, 5.41) is 4.91. The number of thiazole rings is 2. The number of thiophene rings is 2. The average molecular weight is 487 g/mol. The molecule has 0 spiro atoms. The van der Waals surface area contributed by atoms with Crippen molar-refractivity contribution in [2.75, 3.05) is 0 Å². The lowest BCUT2D eigenvalue weighted by atomic mass is 10.1. The van der Waals surface area contributed by atoms with E-state index in [-0.39, 0.29) is 0 Å². The summed E-state index contributed by atoms with van der Waals surface area (Å²) in [5.41, 5.74) is 2.46. The molecule has 6 aromatic rings. The number of hydrogen-bond donors (Lipinski definition) is 0. The van der Waals surface area contributed by atoms with Crippen LogP contribution in [-0.2, 0) is 0 Å². The maximum Gasteiger partial charge on any atom is 0.0900 e. The van der Waals surface area contributed by atoms with Crippen LogP contribution in [-0.4, -0.2) is 9.97 Å². The summed E-state index contributed by atoms with van der Waals surface area (Å²) in [6.07, 6.45) is 12.5. The molecule has 2 aromatic carbocycles. The van der Waals surface area contributed by atoms with E-state index in [2.05, 4.69) is 70.7 Å². The van der Waals surface area contributed by atoms with Crippen molar-refractivity contribution in [3.05, 3.63) is 79.7 Å². The van der Waals surface area contributed by atoms with E-state index >= 15 is 0 Å². The summed E-state index contributed by atoms with van der Waals surface area (Å²) in [6, 6.07) is 13.6. The van der Waals surface area contributed by atoms with Crippen LogP contribution in [0.3, 0.4) is 0 Å². The molecule has 0 radical (unpaired) electrons. The number of nitrogens with zero attached hydrogens (tertiary/aromatic N) is 2. The Morgan fingerprint density at radius 1 is 0.594 bits per heavy atom. The molecule has 0 aliphatic heterocycles. The monoisotopic (exact) mass is 486 g/mol. The minimum atomic E-state index is 1.10. The van der Waals surface area contributed by atoms with Crippen LogP contribution in [0.5, 0.6) is 0 Å². The SMILES string of the molecule is Cc1ncc(/C=C/c2ccc3c(c2)sc2c4ccc(/C=C/c5cnc(C)s5)cc4sc32)s1. The highest BCUT2D eigenvalue weighted by atomic mass is 32.1. The molecule has 0 aliphatic carbocycles. The molecule has 0 saturated carbocycles. The molecule has 4 heterocycles. The Morgan fingerprint density at radius 2 is 1.06 bits per heavy atom. The van der Waals surface area contributed by atoms with Gasteiger partial charge in [0.2, 0.25) is 0 Å². The first kappa shape index (κ1) is 20.0. The fraction of sp³-hybridized carbons (Fsp3) is 0.0769. The van der Waals surface area contributed by atoms with Crippen molar-refractivity contribution >= 4 is 99.2 Å². The highest BCUT2D eigenvalue weighted by molar-refractivity contribution is 7.36. The zero-order valence-corrected chi connectivity index (χ0v) is 20.7. The Kier molecular flexibility index (Phi) is 5.03. The number of aromatic nitrogens is 2. The van der Waals surface area contributed by atoms with Gasteiger partial charge in [-0.1, -0.05) is 36.4 Å². The first-order valence-corrected chi connectivity index (χ1v) is 13.5. The van der Waals surface area contributed by atoms with Crippen molar-refractivity contribution in [1.82, 2.24) is 9.97 Å². The van der Waals surface area contributed by atoms with E-state index < -0.39 is 0 Å². The fourth-order valence-electron chi connectivity index (χ4n) is 3.76. The van der Waals surface area contributed by atoms with Gasteiger partial charge >= 0.3 is 0 Å². The molecule has 6 heteroatoms. The number of hydrogen-bond acceptors (Lipinski definition) is 6. The van der Waals surface area contributed by atoms with Crippen molar-refractivity contribution in [3.8, 4) is 0 Å². The number of fused-ring (bicyclic) bond motifs is 5. The fourth-order valence-corrected chi connectivity index (χ4v) is 7.89. The molecule has 32 heavy (non-hydrogen) atoms.